The first-order valence-electron chi connectivity index (χ1n) is 5.29. The summed E-state index contributed by atoms with van der Waals surface area (Å²) in [6.45, 7) is 1.96. The number of hydrogen-bond acceptors (Lipinski definition) is 1. The molecule has 0 fully saturated rings. The maximum atomic E-state index is 6.03. The van der Waals surface area contributed by atoms with Gasteiger partial charge in [0.25, 0.3) is 0 Å². The summed E-state index contributed by atoms with van der Waals surface area (Å²) in [5.41, 5.74) is 9.27. The monoisotopic (exact) mass is 241 g/mol. The number of hydrogen-bond donors (Lipinski definition) is 1. The molecular weight excluding hydrogens is 230 g/mol. The fourth-order valence-corrected chi connectivity index (χ4v) is 1.67. The van der Waals surface area contributed by atoms with Gasteiger partial charge in [-0.1, -0.05) is 35.6 Å². The third-order valence-corrected chi connectivity index (χ3v) is 2.91. The highest BCUT2D eigenvalue weighted by Gasteiger charge is 1.98. The van der Waals surface area contributed by atoms with Gasteiger partial charge >= 0.3 is 0 Å². The normalized spacial score (nSPS) is 9.53. The molecule has 0 saturated heterocycles. The van der Waals surface area contributed by atoms with Crippen LogP contribution in [0.25, 0.3) is 0 Å². The zero-order chi connectivity index (χ0) is 12.3. The average Bonchev–Trinajstić information content (AvgIpc) is 2.31. The van der Waals surface area contributed by atoms with Gasteiger partial charge < -0.3 is 5.73 Å². The van der Waals surface area contributed by atoms with Crippen LogP contribution in [0.1, 0.15) is 16.7 Å². The van der Waals surface area contributed by atoms with Crippen LogP contribution < -0.4 is 5.73 Å². The van der Waals surface area contributed by atoms with Crippen LogP contribution in [0.15, 0.2) is 42.5 Å². The van der Waals surface area contributed by atoms with E-state index in [4.69, 9.17) is 17.3 Å². The van der Waals surface area contributed by atoms with E-state index in [0.717, 1.165) is 27.4 Å². The summed E-state index contributed by atoms with van der Waals surface area (Å²) >= 11 is 6.03. The molecule has 0 saturated carbocycles. The van der Waals surface area contributed by atoms with Gasteiger partial charge in [-0.15, -0.1) is 0 Å². The lowest BCUT2D eigenvalue weighted by Gasteiger charge is -1.99. The molecule has 0 unspecified atom stereocenters. The molecule has 0 bridgehead atoms. The maximum Gasteiger partial charge on any atom is 0.0447 e. The number of nitrogen functional groups attached to an aromatic ring is 1. The summed E-state index contributed by atoms with van der Waals surface area (Å²) in [5.74, 6) is 6.19. The highest BCUT2D eigenvalue weighted by Crippen LogP contribution is 2.17. The van der Waals surface area contributed by atoms with Crippen molar-refractivity contribution in [1.29, 1.82) is 0 Å². The van der Waals surface area contributed by atoms with E-state index < -0.39 is 0 Å². The minimum atomic E-state index is 0.722. The van der Waals surface area contributed by atoms with Crippen molar-refractivity contribution < 1.29 is 0 Å². The van der Waals surface area contributed by atoms with Crippen LogP contribution in [-0.2, 0) is 0 Å². The molecule has 0 spiro atoms. The molecule has 2 heteroatoms. The highest BCUT2D eigenvalue weighted by atomic mass is 35.5. The van der Waals surface area contributed by atoms with Crippen LogP contribution in [0.2, 0.25) is 5.02 Å². The Bertz CT molecular complexity index is 606. The van der Waals surface area contributed by atoms with E-state index in [1.807, 2.05) is 49.4 Å². The Labute approximate surface area is 106 Å². The van der Waals surface area contributed by atoms with Gasteiger partial charge in [0.15, 0.2) is 0 Å². The van der Waals surface area contributed by atoms with Gasteiger partial charge in [0.2, 0.25) is 0 Å². The molecule has 17 heavy (non-hydrogen) atoms. The third-order valence-electron chi connectivity index (χ3n) is 2.50. The van der Waals surface area contributed by atoms with Crippen molar-refractivity contribution >= 4 is 17.3 Å². The molecular formula is C15H12ClN. The molecule has 0 aromatic heterocycles. The molecule has 1 nitrogen and oxygen atoms in total. The second-order valence-corrected chi connectivity index (χ2v) is 4.20. The second kappa shape index (κ2) is 4.95. The second-order valence-electron chi connectivity index (χ2n) is 3.79. The van der Waals surface area contributed by atoms with Crippen LogP contribution in [-0.4, -0.2) is 0 Å². The predicted molar refractivity (Wildman–Crippen MR) is 73.0 cm³/mol. The van der Waals surface area contributed by atoms with Crippen molar-refractivity contribution in [3.63, 3.8) is 0 Å². The molecule has 2 N–H and O–H groups in total. The number of benzene rings is 2. The lowest BCUT2D eigenvalue weighted by atomic mass is 10.1. The Kier molecular flexibility index (Phi) is 3.37. The number of anilines is 1. The fourth-order valence-electron chi connectivity index (χ4n) is 1.50. The van der Waals surface area contributed by atoms with E-state index in [9.17, 15) is 0 Å². The van der Waals surface area contributed by atoms with Crippen LogP contribution in [0.3, 0.4) is 0 Å². The summed E-state index contributed by atoms with van der Waals surface area (Å²) in [4.78, 5) is 0. The molecule has 0 aliphatic heterocycles. The smallest absolute Gasteiger partial charge is 0.0447 e. The van der Waals surface area contributed by atoms with E-state index in [1.165, 1.54) is 0 Å². The Morgan fingerprint density at radius 1 is 1.06 bits per heavy atom. The SMILES string of the molecule is Cc1c(Cl)cccc1C#Cc1cccc(N)c1. The largest absolute Gasteiger partial charge is 0.399 e. The Morgan fingerprint density at radius 2 is 1.82 bits per heavy atom. The Hall–Kier alpha value is -1.91. The van der Waals surface area contributed by atoms with E-state index in [0.29, 0.717) is 0 Å². The van der Waals surface area contributed by atoms with Crippen molar-refractivity contribution in [2.75, 3.05) is 5.73 Å². The van der Waals surface area contributed by atoms with Crippen LogP contribution >= 0.6 is 11.6 Å². The molecule has 0 amide bonds. The van der Waals surface area contributed by atoms with Crippen molar-refractivity contribution in [1.82, 2.24) is 0 Å². The van der Waals surface area contributed by atoms with Crippen molar-refractivity contribution in [3.05, 3.63) is 64.2 Å². The van der Waals surface area contributed by atoms with Gasteiger partial charge in [-0.05, 0) is 42.8 Å². The first kappa shape index (κ1) is 11.6. The molecule has 84 valence electrons. The minimum Gasteiger partial charge on any atom is -0.399 e. The summed E-state index contributed by atoms with van der Waals surface area (Å²) in [5, 5.41) is 0.740. The lowest BCUT2D eigenvalue weighted by molar-refractivity contribution is 1.43. The molecule has 0 aliphatic rings. The molecule has 2 aromatic rings. The molecule has 0 heterocycles. The predicted octanol–water partition coefficient (Wildman–Crippen LogP) is 3.63. The first-order chi connectivity index (χ1) is 8.16. The summed E-state index contributed by atoms with van der Waals surface area (Å²) in [6, 6.07) is 13.2. The van der Waals surface area contributed by atoms with Crippen LogP contribution in [0.4, 0.5) is 5.69 Å². The molecule has 0 radical (unpaired) electrons. The van der Waals surface area contributed by atoms with Gasteiger partial charge in [0.05, 0.1) is 0 Å². The molecule has 2 rings (SSSR count). The summed E-state index contributed by atoms with van der Waals surface area (Å²) < 4.78 is 0. The standard InChI is InChI=1S/C15H12ClN/c1-11-13(5-3-7-15(11)16)9-8-12-4-2-6-14(17)10-12/h2-7,10H,17H2,1H3. The van der Waals surface area contributed by atoms with Crippen molar-refractivity contribution in [2.45, 2.75) is 6.92 Å². The first-order valence-corrected chi connectivity index (χ1v) is 5.67. The van der Waals surface area contributed by atoms with E-state index in [1.54, 1.807) is 0 Å². The van der Waals surface area contributed by atoms with Crippen LogP contribution in [0.5, 0.6) is 0 Å². The van der Waals surface area contributed by atoms with Gasteiger partial charge in [-0.3, -0.25) is 0 Å². The van der Waals surface area contributed by atoms with E-state index in [-0.39, 0.29) is 0 Å². The zero-order valence-corrected chi connectivity index (χ0v) is 10.3. The quantitative estimate of drug-likeness (QED) is 0.553. The van der Waals surface area contributed by atoms with Crippen molar-refractivity contribution in [3.8, 4) is 11.8 Å². The third kappa shape index (κ3) is 2.81. The Morgan fingerprint density at radius 3 is 2.59 bits per heavy atom. The average molecular weight is 242 g/mol. The zero-order valence-electron chi connectivity index (χ0n) is 9.50. The highest BCUT2D eigenvalue weighted by molar-refractivity contribution is 6.31. The number of nitrogens with two attached hydrogens (primary N) is 1. The molecule has 2 aromatic carbocycles. The van der Waals surface area contributed by atoms with Gasteiger partial charge in [-0.25, -0.2) is 0 Å². The molecule has 0 aliphatic carbocycles. The van der Waals surface area contributed by atoms with Gasteiger partial charge in [-0.2, -0.15) is 0 Å². The van der Waals surface area contributed by atoms with Gasteiger partial charge in [0.1, 0.15) is 0 Å². The minimum absolute atomic E-state index is 0.722. The van der Waals surface area contributed by atoms with Crippen LogP contribution in [0, 0.1) is 18.8 Å². The van der Waals surface area contributed by atoms with Crippen molar-refractivity contribution in [2.24, 2.45) is 0 Å². The van der Waals surface area contributed by atoms with Gasteiger partial charge in [0, 0.05) is 21.8 Å². The summed E-state index contributed by atoms with van der Waals surface area (Å²) in [7, 11) is 0. The summed E-state index contributed by atoms with van der Waals surface area (Å²) in [6.07, 6.45) is 0. The topological polar surface area (TPSA) is 26.0 Å². The molecule has 0 atom stereocenters. The van der Waals surface area contributed by atoms with E-state index >= 15 is 0 Å². The number of rotatable bonds is 0. The maximum absolute atomic E-state index is 6.03. The lowest BCUT2D eigenvalue weighted by Crippen LogP contribution is -1.85. The number of halogens is 1. The van der Waals surface area contributed by atoms with E-state index in [2.05, 4.69) is 11.8 Å². The Balaban J connectivity index is 2.36. The fraction of sp³-hybridized carbons (Fsp3) is 0.0667.